The highest BCUT2D eigenvalue weighted by Gasteiger charge is 2.35. The van der Waals surface area contributed by atoms with Crippen LogP contribution < -0.4 is 9.62 Å². The van der Waals surface area contributed by atoms with Crippen molar-refractivity contribution in [3.05, 3.63) is 36.3 Å². The van der Waals surface area contributed by atoms with Crippen LogP contribution in [0.1, 0.15) is 18.5 Å². The molecule has 1 aliphatic rings. The van der Waals surface area contributed by atoms with E-state index in [1.54, 1.807) is 35.0 Å². The topological polar surface area (TPSA) is 113 Å². The summed E-state index contributed by atoms with van der Waals surface area (Å²) >= 11 is 0. The number of sulfonamides is 1. The van der Waals surface area contributed by atoms with E-state index >= 15 is 0 Å². The first-order valence-corrected chi connectivity index (χ1v) is 10.1. The van der Waals surface area contributed by atoms with Gasteiger partial charge in [-0.05, 0) is 31.9 Å². The summed E-state index contributed by atoms with van der Waals surface area (Å²) in [5.41, 5.74) is 1.29. The lowest BCUT2D eigenvalue weighted by Gasteiger charge is -2.32. The van der Waals surface area contributed by atoms with E-state index in [1.165, 1.54) is 6.20 Å². The van der Waals surface area contributed by atoms with Crippen LogP contribution in [0.25, 0.3) is 11.0 Å². The molecule has 3 aromatic rings. The van der Waals surface area contributed by atoms with Crippen molar-refractivity contribution in [2.24, 2.45) is 7.05 Å². The SMILES string of the molecule is Cc1cc(N2CCC[C@H](NS(=O)(=O)c3c[nH]c4ncccc34)C2=O)n(C)n1. The van der Waals surface area contributed by atoms with Crippen LogP contribution in [0.3, 0.4) is 0 Å². The van der Waals surface area contributed by atoms with E-state index in [1.807, 2.05) is 13.0 Å². The molecule has 0 unspecified atom stereocenters. The molecule has 0 bridgehead atoms. The van der Waals surface area contributed by atoms with Gasteiger partial charge >= 0.3 is 0 Å². The van der Waals surface area contributed by atoms with E-state index in [2.05, 4.69) is 19.8 Å². The fourth-order valence-electron chi connectivity index (χ4n) is 3.47. The van der Waals surface area contributed by atoms with Crippen LogP contribution in [-0.4, -0.2) is 46.7 Å². The van der Waals surface area contributed by atoms with Crippen LogP contribution in [0.5, 0.6) is 0 Å². The second kappa shape index (κ2) is 6.46. The summed E-state index contributed by atoms with van der Waals surface area (Å²) in [5, 5.41) is 4.76. The molecule has 1 aliphatic heterocycles. The Morgan fingerprint density at radius 3 is 2.93 bits per heavy atom. The highest BCUT2D eigenvalue weighted by atomic mass is 32.2. The number of fused-ring (bicyclic) bond motifs is 1. The number of aromatic nitrogens is 4. The summed E-state index contributed by atoms with van der Waals surface area (Å²) in [6, 6.07) is 4.36. The summed E-state index contributed by atoms with van der Waals surface area (Å²) < 4.78 is 30.0. The molecule has 0 aromatic carbocycles. The van der Waals surface area contributed by atoms with Crippen LogP contribution in [0.4, 0.5) is 5.82 Å². The Balaban J connectivity index is 1.61. The number of rotatable bonds is 4. The van der Waals surface area contributed by atoms with E-state index in [0.29, 0.717) is 36.2 Å². The first-order valence-electron chi connectivity index (χ1n) is 8.63. The number of carbonyl (C=O) groups is 1. The molecule has 1 amide bonds. The average Bonchev–Trinajstić information content (AvgIpc) is 3.20. The summed E-state index contributed by atoms with van der Waals surface area (Å²) in [6.45, 7) is 2.39. The van der Waals surface area contributed by atoms with E-state index in [0.717, 1.165) is 5.69 Å². The number of aromatic amines is 1. The van der Waals surface area contributed by atoms with Gasteiger partial charge < -0.3 is 4.98 Å². The van der Waals surface area contributed by atoms with E-state index in [9.17, 15) is 13.2 Å². The highest BCUT2D eigenvalue weighted by Crippen LogP contribution is 2.25. The molecule has 3 aromatic heterocycles. The Morgan fingerprint density at radius 1 is 1.37 bits per heavy atom. The van der Waals surface area contributed by atoms with Gasteiger partial charge in [0, 0.05) is 37.4 Å². The zero-order chi connectivity index (χ0) is 19.2. The molecule has 0 spiro atoms. The van der Waals surface area contributed by atoms with Gasteiger partial charge in [-0.1, -0.05) is 0 Å². The summed E-state index contributed by atoms with van der Waals surface area (Å²) in [7, 11) is -2.11. The summed E-state index contributed by atoms with van der Waals surface area (Å²) in [4.78, 5) is 21.6. The second-order valence-corrected chi connectivity index (χ2v) is 8.31. The zero-order valence-electron chi connectivity index (χ0n) is 15.0. The molecule has 2 N–H and O–H groups in total. The van der Waals surface area contributed by atoms with Crippen LogP contribution in [0, 0.1) is 6.92 Å². The van der Waals surface area contributed by atoms with Gasteiger partial charge in [0.1, 0.15) is 22.4 Å². The maximum atomic E-state index is 12.9. The highest BCUT2D eigenvalue weighted by molar-refractivity contribution is 7.89. The number of aryl methyl sites for hydroxylation is 2. The lowest BCUT2D eigenvalue weighted by atomic mass is 10.1. The number of hydrogen-bond acceptors (Lipinski definition) is 5. The number of carbonyl (C=O) groups excluding carboxylic acids is 1. The van der Waals surface area contributed by atoms with Gasteiger partial charge in [0.05, 0.1) is 5.69 Å². The lowest BCUT2D eigenvalue weighted by Crippen LogP contribution is -2.52. The fourth-order valence-corrected chi connectivity index (χ4v) is 4.85. The smallest absolute Gasteiger partial charge is 0.246 e. The second-order valence-electron chi connectivity index (χ2n) is 6.63. The predicted octanol–water partition coefficient (Wildman–Crippen LogP) is 1.08. The molecular formula is C17H20N6O3S. The number of anilines is 1. The first kappa shape index (κ1) is 17.7. The van der Waals surface area contributed by atoms with Gasteiger partial charge in [-0.2, -0.15) is 9.82 Å². The molecule has 1 fully saturated rings. The number of pyridine rings is 1. The minimum atomic E-state index is -3.88. The Labute approximate surface area is 156 Å². The number of piperidine rings is 1. The largest absolute Gasteiger partial charge is 0.345 e. The minimum absolute atomic E-state index is 0.0897. The third-order valence-corrected chi connectivity index (χ3v) is 6.20. The Kier molecular flexibility index (Phi) is 4.23. The normalized spacial score (nSPS) is 18.4. The van der Waals surface area contributed by atoms with Crippen LogP contribution >= 0.6 is 0 Å². The van der Waals surface area contributed by atoms with E-state index < -0.39 is 16.1 Å². The van der Waals surface area contributed by atoms with Gasteiger partial charge in [-0.25, -0.2) is 13.4 Å². The van der Waals surface area contributed by atoms with Crippen LogP contribution in [0.15, 0.2) is 35.5 Å². The Morgan fingerprint density at radius 2 is 2.19 bits per heavy atom. The molecule has 9 nitrogen and oxygen atoms in total. The molecule has 4 heterocycles. The Bertz CT molecular complexity index is 1120. The molecular weight excluding hydrogens is 368 g/mol. The molecule has 10 heteroatoms. The number of amides is 1. The van der Waals surface area contributed by atoms with Crippen molar-refractivity contribution in [3.8, 4) is 0 Å². The third kappa shape index (κ3) is 3.10. The van der Waals surface area contributed by atoms with E-state index in [-0.39, 0.29) is 10.8 Å². The van der Waals surface area contributed by atoms with Gasteiger partial charge in [-0.15, -0.1) is 0 Å². The minimum Gasteiger partial charge on any atom is -0.345 e. The molecule has 0 saturated carbocycles. The van der Waals surface area contributed by atoms with Crippen molar-refractivity contribution in [2.45, 2.75) is 30.7 Å². The van der Waals surface area contributed by atoms with Crippen molar-refractivity contribution < 1.29 is 13.2 Å². The van der Waals surface area contributed by atoms with Crippen LogP contribution in [0.2, 0.25) is 0 Å². The molecule has 1 saturated heterocycles. The first-order chi connectivity index (χ1) is 12.9. The zero-order valence-corrected chi connectivity index (χ0v) is 15.8. The summed E-state index contributed by atoms with van der Waals surface area (Å²) in [5.74, 6) is 0.392. The van der Waals surface area contributed by atoms with Crippen molar-refractivity contribution in [1.82, 2.24) is 24.5 Å². The maximum absolute atomic E-state index is 12.9. The van der Waals surface area contributed by atoms with Crippen LogP contribution in [-0.2, 0) is 21.9 Å². The van der Waals surface area contributed by atoms with E-state index in [4.69, 9.17) is 0 Å². The predicted molar refractivity (Wildman–Crippen MR) is 99.7 cm³/mol. The standard InChI is InChI=1S/C17H20N6O3S/c1-11-9-15(22(2)20-11)23-8-4-6-13(17(23)24)21-27(25,26)14-10-19-16-12(14)5-3-7-18-16/h3,5,7,9-10,13,21H,4,6,8H2,1-2H3,(H,18,19)/t13-/m0/s1. The number of H-pyrrole nitrogens is 1. The molecule has 142 valence electrons. The van der Waals surface area contributed by atoms with Crippen molar-refractivity contribution >= 4 is 32.8 Å². The Hall–Kier alpha value is -2.72. The molecule has 1 atom stereocenters. The third-order valence-electron chi connectivity index (χ3n) is 4.69. The number of nitrogens with one attached hydrogen (secondary N) is 2. The van der Waals surface area contributed by atoms with Gasteiger partial charge in [0.2, 0.25) is 15.9 Å². The van der Waals surface area contributed by atoms with Crippen molar-refractivity contribution in [2.75, 3.05) is 11.4 Å². The summed E-state index contributed by atoms with van der Waals surface area (Å²) in [6.07, 6.45) is 4.13. The molecule has 4 rings (SSSR count). The lowest BCUT2D eigenvalue weighted by molar-refractivity contribution is -0.121. The van der Waals surface area contributed by atoms with Gasteiger partial charge in [-0.3, -0.25) is 14.4 Å². The molecule has 0 radical (unpaired) electrons. The maximum Gasteiger partial charge on any atom is 0.246 e. The van der Waals surface area contributed by atoms with Crippen molar-refractivity contribution in [1.29, 1.82) is 0 Å². The fraction of sp³-hybridized carbons (Fsp3) is 0.353. The molecule has 0 aliphatic carbocycles. The average molecular weight is 388 g/mol. The van der Waals surface area contributed by atoms with Crippen molar-refractivity contribution in [3.63, 3.8) is 0 Å². The van der Waals surface area contributed by atoms with Gasteiger partial charge in [0.15, 0.2) is 0 Å². The number of hydrogen-bond donors (Lipinski definition) is 2. The van der Waals surface area contributed by atoms with Gasteiger partial charge in [0.25, 0.3) is 0 Å². The monoisotopic (exact) mass is 388 g/mol. The quantitative estimate of drug-likeness (QED) is 0.694. The number of nitrogens with zero attached hydrogens (tertiary/aromatic N) is 4. The molecule has 27 heavy (non-hydrogen) atoms.